The maximum absolute atomic E-state index is 11.6. The summed E-state index contributed by atoms with van der Waals surface area (Å²) >= 11 is 0. The highest BCUT2D eigenvalue weighted by Gasteiger charge is 2.37. The number of rotatable bonds is 3. The average Bonchev–Trinajstić information content (AvgIpc) is 2.17. The Morgan fingerprint density at radius 3 is 2.67 bits per heavy atom. The van der Waals surface area contributed by atoms with Crippen LogP contribution in [0.5, 0.6) is 0 Å². The van der Waals surface area contributed by atoms with Crippen LogP contribution in [0.4, 0.5) is 0 Å². The molecule has 0 aromatic heterocycles. The van der Waals surface area contributed by atoms with Crippen molar-refractivity contribution in [3.05, 3.63) is 0 Å². The smallest absolute Gasteiger partial charge is 0.308 e. The highest BCUT2D eigenvalue weighted by atomic mass is 28.4. The van der Waals surface area contributed by atoms with Gasteiger partial charge in [-0.2, -0.15) is 0 Å². The molecule has 88 valence electrons. The molecular formula is C11H22O3Si. The minimum Gasteiger partial charge on any atom is -0.466 e. The van der Waals surface area contributed by atoms with E-state index in [-0.39, 0.29) is 11.9 Å². The van der Waals surface area contributed by atoms with Gasteiger partial charge < -0.3 is 9.53 Å². The lowest BCUT2D eigenvalue weighted by molar-refractivity contribution is -0.149. The minimum atomic E-state index is -2.07. The summed E-state index contributed by atoms with van der Waals surface area (Å²) in [7, 11) is -2.07. The topological polar surface area (TPSA) is 46.5 Å². The Labute approximate surface area is 93.0 Å². The van der Waals surface area contributed by atoms with Crippen molar-refractivity contribution in [3.8, 4) is 0 Å². The van der Waals surface area contributed by atoms with E-state index >= 15 is 0 Å². The van der Waals surface area contributed by atoms with Gasteiger partial charge in [0.15, 0.2) is 8.32 Å². The third-order valence-electron chi connectivity index (χ3n) is 3.29. The van der Waals surface area contributed by atoms with Crippen LogP contribution in [0.1, 0.15) is 32.6 Å². The first kappa shape index (κ1) is 12.7. The van der Waals surface area contributed by atoms with Crippen LogP contribution in [-0.2, 0) is 9.53 Å². The Morgan fingerprint density at radius 2 is 2.13 bits per heavy atom. The van der Waals surface area contributed by atoms with Crippen LogP contribution in [0, 0.1) is 5.92 Å². The van der Waals surface area contributed by atoms with Gasteiger partial charge in [0, 0.05) is 0 Å². The molecule has 1 N–H and O–H groups in total. The van der Waals surface area contributed by atoms with E-state index in [1.165, 1.54) is 0 Å². The first-order chi connectivity index (χ1) is 6.95. The molecule has 0 bridgehead atoms. The van der Waals surface area contributed by atoms with Gasteiger partial charge in [-0.3, -0.25) is 4.79 Å². The van der Waals surface area contributed by atoms with E-state index in [0.29, 0.717) is 12.1 Å². The summed E-state index contributed by atoms with van der Waals surface area (Å²) in [5.74, 6) is -0.0388. The highest BCUT2D eigenvalue weighted by Crippen LogP contribution is 2.39. The molecule has 1 rings (SSSR count). The van der Waals surface area contributed by atoms with Crippen LogP contribution < -0.4 is 0 Å². The fourth-order valence-electron chi connectivity index (χ4n) is 2.31. The second kappa shape index (κ2) is 5.12. The molecule has 1 saturated carbocycles. The largest absolute Gasteiger partial charge is 0.466 e. The second-order valence-corrected chi connectivity index (χ2v) is 9.09. The van der Waals surface area contributed by atoms with Crippen molar-refractivity contribution in [2.45, 2.75) is 51.2 Å². The average molecular weight is 230 g/mol. The summed E-state index contributed by atoms with van der Waals surface area (Å²) in [6.07, 6.45) is 3.88. The lowest BCUT2D eigenvalue weighted by atomic mass is 9.89. The van der Waals surface area contributed by atoms with Crippen molar-refractivity contribution in [1.82, 2.24) is 0 Å². The molecule has 3 nitrogen and oxygen atoms in total. The summed E-state index contributed by atoms with van der Waals surface area (Å²) in [4.78, 5) is 21.6. The molecule has 0 spiro atoms. The third-order valence-corrected chi connectivity index (χ3v) is 5.82. The normalized spacial score (nSPS) is 27.5. The number of carbonyl (C=O) groups is 1. The molecule has 0 radical (unpaired) electrons. The van der Waals surface area contributed by atoms with Gasteiger partial charge in [0.05, 0.1) is 12.5 Å². The molecule has 0 amide bonds. The summed E-state index contributed by atoms with van der Waals surface area (Å²) in [5.41, 5.74) is 0.362. The van der Waals surface area contributed by atoms with Gasteiger partial charge in [0.1, 0.15) is 0 Å². The number of carbonyl (C=O) groups excluding carboxylic acids is 1. The molecule has 2 unspecified atom stereocenters. The van der Waals surface area contributed by atoms with Gasteiger partial charge in [-0.1, -0.05) is 12.8 Å². The predicted molar refractivity (Wildman–Crippen MR) is 62.0 cm³/mol. The molecule has 0 aliphatic heterocycles. The SMILES string of the molecule is CCOC(=O)C1CCCC([Si](C)(C)O)C1. The van der Waals surface area contributed by atoms with Crippen LogP contribution in [0.3, 0.4) is 0 Å². The van der Waals surface area contributed by atoms with Gasteiger partial charge in [0.25, 0.3) is 0 Å². The zero-order chi connectivity index (χ0) is 11.5. The molecular weight excluding hydrogens is 208 g/mol. The van der Waals surface area contributed by atoms with Gasteiger partial charge >= 0.3 is 5.97 Å². The Morgan fingerprint density at radius 1 is 1.47 bits per heavy atom. The number of hydrogen-bond acceptors (Lipinski definition) is 3. The Hall–Kier alpha value is -0.353. The van der Waals surface area contributed by atoms with Gasteiger partial charge in [0.2, 0.25) is 0 Å². The van der Waals surface area contributed by atoms with E-state index in [1.54, 1.807) is 0 Å². The number of ether oxygens (including phenoxy) is 1. The molecule has 2 atom stereocenters. The van der Waals surface area contributed by atoms with E-state index in [1.807, 2.05) is 20.0 Å². The van der Waals surface area contributed by atoms with Gasteiger partial charge in [-0.25, -0.2) is 0 Å². The van der Waals surface area contributed by atoms with Crippen molar-refractivity contribution in [2.75, 3.05) is 6.61 Å². The Balaban J connectivity index is 2.52. The summed E-state index contributed by atoms with van der Waals surface area (Å²) in [6.45, 7) is 6.22. The van der Waals surface area contributed by atoms with Gasteiger partial charge in [-0.15, -0.1) is 0 Å². The maximum Gasteiger partial charge on any atom is 0.308 e. The summed E-state index contributed by atoms with van der Waals surface area (Å²) < 4.78 is 5.04. The zero-order valence-electron chi connectivity index (χ0n) is 9.95. The Kier molecular flexibility index (Phi) is 4.34. The van der Waals surface area contributed by atoms with Crippen molar-refractivity contribution < 1.29 is 14.3 Å². The fourth-order valence-corrected chi connectivity index (χ4v) is 4.08. The first-order valence-electron chi connectivity index (χ1n) is 5.84. The second-order valence-electron chi connectivity index (χ2n) is 4.97. The zero-order valence-corrected chi connectivity index (χ0v) is 11.0. The molecule has 1 aliphatic carbocycles. The van der Waals surface area contributed by atoms with Crippen LogP contribution in [0.15, 0.2) is 0 Å². The highest BCUT2D eigenvalue weighted by molar-refractivity contribution is 6.71. The standard InChI is InChI=1S/C11H22O3Si/c1-4-14-11(12)9-6-5-7-10(8-9)15(2,3)13/h9-10,13H,4-8H2,1-3H3. The lowest BCUT2D eigenvalue weighted by Gasteiger charge is -2.33. The fraction of sp³-hybridized carbons (Fsp3) is 0.909. The van der Waals surface area contributed by atoms with Crippen LogP contribution >= 0.6 is 0 Å². The number of hydrogen-bond donors (Lipinski definition) is 1. The van der Waals surface area contributed by atoms with E-state index < -0.39 is 8.32 Å². The first-order valence-corrected chi connectivity index (χ1v) is 8.86. The van der Waals surface area contributed by atoms with E-state index in [9.17, 15) is 9.59 Å². The van der Waals surface area contributed by atoms with Crippen molar-refractivity contribution in [3.63, 3.8) is 0 Å². The Bertz CT molecular complexity index is 222. The van der Waals surface area contributed by atoms with Crippen LogP contribution in [-0.4, -0.2) is 25.7 Å². The lowest BCUT2D eigenvalue weighted by Crippen LogP contribution is -2.37. The molecule has 4 heteroatoms. The molecule has 1 aliphatic rings. The molecule has 0 aromatic carbocycles. The quantitative estimate of drug-likeness (QED) is 0.598. The molecule has 1 fully saturated rings. The van der Waals surface area contributed by atoms with Gasteiger partial charge in [-0.05, 0) is 38.4 Å². The maximum atomic E-state index is 11.6. The molecule has 0 heterocycles. The van der Waals surface area contributed by atoms with Crippen molar-refractivity contribution in [2.24, 2.45) is 5.92 Å². The summed E-state index contributed by atoms with van der Waals surface area (Å²) in [6, 6.07) is 0. The third kappa shape index (κ3) is 3.61. The monoisotopic (exact) mass is 230 g/mol. The molecule has 15 heavy (non-hydrogen) atoms. The van der Waals surface area contributed by atoms with Crippen LogP contribution in [0.2, 0.25) is 18.6 Å². The predicted octanol–water partition coefficient (Wildman–Crippen LogP) is 2.31. The van der Waals surface area contributed by atoms with E-state index in [4.69, 9.17) is 4.74 Å². The molecule has 0 aromatic rings. The van der Waals surface area contributed by atoms with Crippen molar-refractivity contribution in [1.29, 1.82) is 0 Å². The van der Waals surface area contributed by atoms with Crippen LogP contribution in [0.25, 0.3) is 0 Å². The summed E-state index contributed by atoms with van der Waals surface area (Å²) in [5, 5.41) is 0. The minimum absolute atomic E-state index is 0.0302. The van der Waals surface area contributed by atoms with E-state index in [2.05, 4.69) is 0 Å². The van der Waals surface area contributed by atoms with Crippen molar-refractivity contribution >= 4 is 14.3 Å². The molecule has 0 saturated heterocycles. The number of esters is 1. The van der Waals surface area contributed by atoms with E-state index in [0.717, 1.165) is 25.7 Å².